The summed E-state index contributed by atoms with van der Waals surface area (Å²) in [7, 11) is 0. The molecule has 0 aliphatic carbocycles. The first-order valence-electron chi connectivity index (χ1n) is 5.92. The fourth-order valence-corrected chi connectivity index (χ4v) is 2.49. The summed E-state index contributed by atoms with van der Waals surface area (Å²) in [6.07, 6.45) is 3.85. The number of amidine groups is 1. The molecule has 3 nitrogen and oxygen atoms in total. The van der Waals surface area contributed by atoms with E-state index < -0.39 is 0 Å². The minimum atomic E-state index is 0.169. The van der Waals surface area contributed by atoms with Gasteiger partial charge in [0.2, 0.25) is 0 Å². The molecule has 0 unspecified atom stereocenters. The van der Waals surface area contributed by atoms with E-state index in [9.17, 15) is 0 Å². The van der Waals surface area contributed by atoms with Crippen molar-refractivity contribution in [1.82, 2.24) is 0 Å². The lowest BCUT2D eigenvalue weighted by atomic mass is 10.1. The first kappa shape index (κ1) is 13.9. The SMILES string of the molecule is CCCCCSCc1cccc(/C(N)=N/O)c1. The fraction of sp³-hybridized carbons (Fsp3) is 0.462. The highest BCUT2D eigenvalue weighted by atomic mass is 32.2. The van der Waals surface area contributed by atoms with Gasteiger partial charge in [0, 0.05) is 11.3 Å². The predicted molar refractivity (Wildman–Crippen MR) is 74.6 cm³/mol. The van der Waals surface area contributed by atoms with Crippen molar-refractivity contribution >= 4 is 17.6 Å². The van der Waals surface area contributed by atoms with Crippen LogP contribution in [0.15, 0.2) is 29.4 Å². The van der Waals surface area contributed by atoms with Gasteiger partial charge in [-0.25, -0.2) is 0 Å². The van der Waals surface area contributed by atoms with Gasteiger partial charge < -0.3 is 10.9 Å². The lowest BCUT2D eigenvalue weighted by molar-refractivity contribution is 0.318. The molecule has 0 fully saturated rings. The molecule has 1 aromatic rings. The molecule has 94 valence electrons. The van der Waals surface area contributed by atoms with Gasteiger partial charge in [-0.2, -0.15) is 11.8 Å². The number of benzene rings is 1. The van der Waals surface area contributed by atoms with Crippen molar-refractivity contribution in [3.05, 3.63) is 35.4 Å². The summed E-state index contributed by atoms with van der Waals surface area (Å²) in [4.78, 5) is 0. The van der Waals surface area contributed by atoms with Gasteiger partial charge in [-0.05, 0) is 23.8 Å². The molecule has 0 spiro atoms. The van der Waals surface area contributed by atoms with Crippen molar-refractivity contribution in [3.63, 3.8) is 0 Å². The molecule has 0 aliphatic rings. The molecule has 0 amide bonds. The first-order chi connectivity index (χ1) is 8.27. The Labute approximate surface area is 107 Å². The van der Waals surface area contributed by atoms with Gasteiger partial charge in [0.25, 0.3) is 0 Å². The molecular weight excluding hydrogens is 232 g/mol. The molecule has 0 bridgehead atoms. The predicted octanol–water partition coefficient (Wildman–Crippen LogP) is 3.20. The second kappa shape index (κ2) is 8.01. The number of unbranched alkanes of at least 4 members (excludes halogenated alkanes) is 2. The Kier molecular flexibility index (Phi) is 6.55. The zero-order valence-corrected chi connectivity index (χ0v) is 11.0. The summed E-state index contributed by atoms with van der Waals surface area (Å²) in [5.74, 6) is 2.35. The molecule has 3 N–H and O–H groups in total. The van der Waals surface area contributed by atoms with Crippen molar-refractivity contribution in [2.45, 2.75) is 31.9 Å². The molecule has 0 atom stereocenters. The third-order valence-corrected chi connectivity index (χ3v) is 3.61. The van der Waals surface area contributed by atoms with Gasteiger partial charge in [0.1, 0.15) is 0 Å². The van der Waals surface area contributed by atoms with Crippen molar-refractivity contribution < 1.29 is 5.21 Å². The maximum atomic E-state index is 8.61. The summed E-state index contributed by atoms with van der Waals surface area (Å²) in [6.45, 7) is 2.21. The molecule has 17 heavy (non-hydrogen) atoms. The van der Waals surface area contributed by atoms with Crippen LogP contribution in [0.5, 0.6) is 0 Å². The molecule has 1 aromatic carbocycles. The number of oxime groups is 1. The normalized spacial score (nSPS) is 11.7. The quantitative estimate of drug-likeness (QED) is 0.257. The Morgan fingerprint density at radius 3 is 2.94 bits per heavy atom. The Bertz CT molecular complexity index is 366. The first-order valence-corrected chi connectivity index (χ1v) is 7.08. The summed E-state index contributed by atoms with van der Waals surface area (Å²) in [5, 5.41) is 11.6. The lowest BCUT2D eigenvalue weighted by Gasteiger charge is -2.04. The van der Waals surface area contributed by atoms with Crippen LogP contribution in [0.3, 0.4) is 0 Å². The van der Waals surface area contributed by atoms with Crippen LogP contribution in [0.4, 0.5) is 0 Å². The fourth-order valence-electron chi connectivity index (χ4n) is 1.52. The van der Waals surface area contributed by atoms with Gasteiger partial charge in [-0.1, -0.05) is 43.1 Å². The van der Waals surface area contributed by atoms with Gasteiger partial charge in [-0.15, -0.1) is 0 Å². The van der Waals surface area contributed by atoms with E-state index in [1.54, 1.807) is 0 Å². The third-order valence-electron chi connectivity index (χ3n) is 2.49. The Hall–Kier alpha value is -1.16. The van der Waals surface area contributed by atoms with E-state index in [4.69, 9.17) is 10.9 Å². The van der Waals surface area contributed by atoms with Crippen molar-refractivity contribution in [1.29, 1.82) is 0 Å². The van der Waals surface area contributed by atoms with Crippen molar-refractivity contribution in [3.8, 4) is 0 Å². The van der Waals surface area contributed by atoms with Crippen LogP contribution in [0, 0.1) is 0 Å². The lowest BCUT2D eigenvalue weighted by Crippen LogP contribution is -2.13. The van der Waals surface area contributed by atoms with E-state index in [1.165, 1.54) is 30.6 Å². The molecule has 0 saturated carbocycles. The molecule has 4 heteroatoms. The number of rotatable bonds is 7. The highest BCUT2D eigenvalue weighted by Crippen LogP contribution is 2.15. The van der Waals surface area contributed by atoms with Crippen LogP contribution in [0.2, 0.25) is 0 Å². The standard InChI is InChI=1S/C13H20N2OS/c1-2-3-4-8-17-10-11-6-5-7-12(9-11)13(14)15-16/h5-7,9,16H,2-4,8,10H2,1H3,(H2,14,15). The molecule has 0 aromatic heterocycles. The molecule has 0 saturated heterocycles. The molecule has 1 rings (SSSR count). The Morgan fingerprint density at radius 1 is 1.41 bits per heavy atom. The minimum Gasteiger partial charge on any atom is -0.409 e. The van der Waals surface area contributed by atoms with E-state index >= 15 is 0 Å². The maximum absolute atomic E-state index is 8.61. The number of thioether (sulfide) groups is 1. The second-order valence-electron chi connectivity index (χ2n) is 3.95. The van der Waals surface area contributed by atoms with Gasteiger partial charge in [-0.3, -0.25) is 0 Å². The van der Waals surface area contributed by atoms with Gasteiger partial charge in [0.15, 0.2) is 5.84 Å². The minimum absolute atomic E-state index is 0.169. The zero-order valence-electron chi connectivity index (χ0n) is 10.2. The monoisotopic (exact) mass is 252 g/mol. The number of nitrogens with two attached hydrogens (primary N) is 1. The van der Waals surface area contributed by atoms with Crippen LogP contribution in [-0.4, -0.2) is 16.8 Å². The average molecular weight is 252 g/mol. The number of nitrogens with zero attached hydrogens (tertiary/aromatic N) is 1. The smallest absolute Gasteiger partial charge is 0.170 e. The summed E-state index contributed by atoms with van der Waals surface area (Å²) in [5.41, 5.74) is 7.55. The Balaban J connectivity index is 2.43. The largest absolute Gasteiger partial charge is 0.409 e. The van der Waals surface area contributed by atoms with E-state index in [1.807, 2.05) is 30.0 Å². The third kappa shape index (κ3) is 5.13. The topological polar surface area (TPSA) is 58.6 Å². The van der Waals surface area contributed by atoms with Gasteiger partial charge in [0.05, 0.1) is 0 Å². The van der Waals surface area contributed by atoms with Crippen LogP contribution in [-0.2, 0) is 5.75 Å². The summed E-state index contributed by atoms with van der Waals surface area (Å²) in [6, 6.07) is 7.83. The number of hydrogen-bond acceptors (Lipinski definition) is 3. The van der Waals surface area contributed by atoms with Crippen molar-refractivity contribution in [2.24, 2.45) is 10.9 Å². The van der Waals surface area contributed by atoms with Gasteiger partial charge >= 0.3 is 0 Å². The molecule has 0 heterocycles. The highest BCUT2D eigenvalue weighted by Gasteiger charge is 2.00. The van der Waals surface area contributed by atoms with Crippen molar-refractivity contribution in [2.75, 3.05) is 5.75 Å². The van der Waals surface area contributed by atoms with E-state index in [2.05, 4.69) is 18.1 Å². The van der Waals surface area contributed by atoms with Crippen LogP contribution in [0.1, 0.15) is 37.3 Å². The summed E-state index contributed by atoms with van der Waals surface area (Å²) >= 11 is 1.93. The Morgan fingerprint density at radius 2 is 2.24 bits per heavy atom. The summed E-state index contributed by atoms with van der Waals surface area (Å²) < 4.78 is 0. The van der Waals surface area contributed by atoms with Crippen LogP contribution >= 0.6 is 11.8 Å². The molecule has 0 aliphatic heterocycles. The van der Waals surface area contributed by atoms with Crippen LogP contribution < -0.4 is 5.73 Å². The van der Waals surface area contributed by atoms with Crippen LogP contribution in [0.25, 0.3) is 0 Å². The number of hydrogen-bond donors (Lipinski definition) is 2. The molecule has 0 radical (unpaired) electrons. The van der Waals surface area contributed by atoms with E-state index in [-0.39, 0.29) is 5.84 Å². The van der Waals surface area contributed by atoms with E-state index in [0.717, 1.165) is 11.3 Å². The molecular formula is C13H20N2OS. The zero-order chi connectivity index (χ0) is 12.5. The maximum Gasteiger partial charge on any atom is 0.170 e. The average Bonchev–Trinajstić information content (AvgIpc) is 2.38. The second-order valence-corrected chi connectivity index (χ2v) is 5.05. The van der Waals surface area contributed by atoms with E-state index in [0.29, 0.717) is 0 Å². The highest BCUT2D eigenvalue weighted by molar-refractivity contribution is 7.98.